The molecule has 9 heteroatoms. The third kappa shape index (κ3) is 5.30. The molecule has 0 bridgehead atoms. The Hall–Kier alpha value is -4.60. The van der Waals surface area contributed by atoms with E-state index in [2.05, 4.69) is 44.4 Å². The minimum Gasteiger partial charge on any atom is -0.399 e. The third-order valence-electron chi connectivity index (χ3n) is 4.59. The molecule has 0 saturated heterocycles. The van der Waals surface area contributed by atoms with E-state index >= 15 is 0 Å². The van der Waals surface area contributed by atoms with Crippen LogP contribution in [0.15, 0.2) is 54.7 Å². The van der Waals surface area contributed by atoms with Gasteiger partial charge in [-0.2, -0.15) is 0 Å². The molecular weight excluding hydrogens is 408 g/mol. The highest BCUT2D eigenvalue weighted by Crippen LogP contribution is 2.22. The maximum atomic E-state index is 12.6. The first-order chi connectivity index (χ1) is 15.3. The summed E-state index contributed by atoms with van der Waals surface area (Å²) in [6.07, 6.45) is 1.31. The number of aromatic amines is 1. The van der Waals surface area contributed by atoms with Crippen molar-refractivity contribution in [3.8, 4) is 23.7 Å². The van der Waals surface area contributed by atoms with Crippen molar-refractivity contribution < 1.29 is 14.7 Å². The molecule has 0 aliphatic heterocycles. The predicted octanol–water partition coefficient (Wildman–Crippen LogP) is 0.281. The largest absolute Gasteiger partial charge is 0.399 e. The van der Waals surface area contributed by atoms with E-state index in [1.165, 1.54) is 25.3 Å². The average Bonchev–Trinajstić information content (AvgIpc) is 3.32. The fourth-order valence-electron chi connectivity index (χ4n) is 2.78. The number of hydrogen-bond donors (Lipinski definition) is 5. The van der Waals surface area contributed by atoms with Gasteiger partial charge in [0.15, 0.2) is 0 Å². The Balaban J connectivity index is 1.68. The van der Waals surface area contributed by atoms with Crippen molar-refractivity contribution in [2.75, 3.05) is 5.73 Å². The van der Waals surface area contributed by atoms with Gasteiger partial charge in [-0.3, -0.25) is 14.7 Å². The van der Waals surface area contributed by atoms with Gasteiger partial charge in [-0.25, -0.2) is 0 Å². The zero-order chi connectivity index (χ0) is 23.1. The number of nitrogen functional groups attached to an aromatic ring is 1. The van der Waals surface area contributed by atoms with Crippen molar-refractivity contribution in [1.82, 2.24) is 20.7 Å². The summed E-state index contributed by atoms with van der Waals surface area (Å²) in [5.74, 6) is 9.76. The monoisotopic (exact) mass is 428 g/mol. The second-order valence-electron chi connectivity index (χ2n) is 7.01. The van der Waals surface area contributed by atoms with Crippen LogP contribution in [0.3, 0.4) is 0 Å². The average molecular weight is 428 g/mol. The number of amides is 2. The molecule has 0 aliphatic carbocycles. The molecular formula is C23H20N6O3. The van der Waals surface area contributed by atoms with E-state index in [0.717, 1.165) is 5.56 Å². The lowest BCUT2D eigenvalue weighted by Crippen LogP contribution is -2.56. The molecule has 160 valence electrons. The first-order valence-electron chi connectivity index (χ1n) is 9.44. The van der Waals surface area contributed by atoms with E-state index in [0.29, 0.717) is 11.3 Å². The maximum Gasteiger partial charge on any atom is 0.252 e. The lowest BCUT2D eigenvalue weighted by molar-refractivity contribution is -0.126. The van der Waals surface area contributed by atoms with Crippen LogP contribution < -0.4 is 16.8 Å². The molecule has 2 atom stereocenters. The number of aliphatic hydroxyl groups is 1. The second-order valence-corrected chi connectivity index (χ2v) is 7.01. The van der Waals surface area contributed by atoms with E-state index in [1.807, 2.05) is 0 Å². The smallest absolute Gasteiger partial charge is 0.252 e. The number of carbonyl (C=O) groups excluding carboxylic acids is 2. The van der Waals surface area contributed by atoms with Crippen LogP contribution in [0.5, 0.6) is 0 Å². The number of nitrogens with zero attached hydrogens (tertiary/aromatic N) is 2. The van der Waals surface area contributed by atoms with Gasteiger partial charge >= 0.3 is 0 Å². The molecule has 32 heavy (non-hydrogen) atoms. The third-order valence-corrected chi connectivity index (χ3v) is 4.59. The highest BCUT2D eigenvalue weighted by molar-refractivity contribution is 5.97. The van der Waals surface area contributed by atoms with Crippen LogP contribution in [-0.4, -0.2) is 38.4 Å². The second kappa shape index (κ2) is 9.47. The number of nitrogens with one attached hydrogen (secondary N) is 2. The molecule has 3 aromatic rings. The van der Waals surface area contributed by atoms with E-state index < -0.39 is 23.5 Å². The van der Waals surface area contributed by atoms with Crippen LogP contribution in [-0.2, 0) is 10.4 Å². The maximum absolute atomic E-state index is 12.6. The number of primary amides is 1. The van der Waals surface area contributed by atoms with Crippen LogP contribution in [0.2, 0.25) is 0 Å². The molecule has 1 heterocycles. The first-order valence-corrected chi connectivity index (χ1v) is 9.44. The molecule has 0 aliphatic rings. The van der Waals surface area contributed by atoms with Crippen LogP contribution in [0.25, 0.3) is 0 Å². The van der Waals surface area contributed by atoms with Gasteiger partial charge < -0.3 is 21.9 Å². The molecule has 2 amide bonds. The molecule has 0 fully saturated rings. The highest BCUT2D eigenvalue weighted by atomic mass is 16.3. The molecule has 7 N–H and O–H groups in total. The fourth-order valence-corrected chi connectivity index (χ4v) is 2.78. The number of benzene rings is 2. The molecule has 2 aromatic carbocycles. The van der Waals surface area contributed by atoms with E-state index in [1.54, 1.807) is 36.4 Å². The lowest BCUT2D eigenvalue weighted by Gasteiger charge is -2.29. The predicted molar refractivity (Wildman–Crippen MR) is 117 cm³/mol. The lowest BCUT2D eigenvalue weighted by atomic mass is 9.92. The van der Waals surface area contributed by atoms with Gasteiger partial charge in [0.25, 0.3) is 5.91 Å². The van der Waals surface area contributed by atoms with Gasteiger partial charge in [0.2, 0.25) is 5.91 Å². The Morgan fingerprint density at radius 1 is 1.06 bits per heavy atom. The molecule has 3 rings (SSSR count). The van der Waals surface area contributed by atoms with Gasteiger partial charge in [-0.15, -0.1) is 5.10 Å². The van der Waals surface area contributed by atoms with Crippen molar-refractivity contribution in [1.29, 1.82) is 0 Å². The summed E-state index contributed by atoms with van der Waals surface area (Å²) >= 11 is 0. The molecule has 0 spiro atoms. The van der Waals surface area contributed by atoms with Crippen molar-refractivity contribution in [3.63, 3.8) is 0 Å². The molecule has 0 radical (unpaired) electrons. The molecule has 9 nitrogen and oxygen atoms in total. The molecule has 0 saturated carbocycles. The van der Waals surface area contributed by atoms with Crippen molar-refractivity contribution in [2.45, 2.75) is 18.6 Å². The number of H-pyrrole nitrogens is 1. The van der Waals surface area contributed by atoms with Crippen molar-refractivity contribution in [3.05, 3.63) is 77.1 Å². The fraction of sp³-hybridized carbons (Fsp3) is 0.130. The van der Waals surface area contributed by atoms with E-state index in [4.69, 9.17) is 11.5 Å². The molecule has 1 aromatic heterocycles. The highest BCUT2D eigenvalue weighted by Gasteiger charge is 2.41. The number of anilines is 1. The van der Waals surface area contributed by atoms with Crippen LogP contribution in [0, 0.1) is 23.7 Å². The Labute approximate surface area is 184 Å². The Morgan fingerprint density at radius 2 is 1.62 bits per heavy atom. The topological polar surface area (TPSA) is 160 Å². The van der Waals surface area contributed by atoms with Gasteiger partial charge in [-0.05, 0) is 67.3 Å². The number of carbonyl (C=O) groups is 2. The zero-order valence-electron chi connectivity index (χ0n) is 17.1. The van der Waals surface area contributed by atoms with E-state index in [-0.39, 0.29) is 11.3 Å². The number of hydrogen-bond acceptors (Lipinski definition) is 6. The summed E-state index contributed by atoms with van der Waals surface area (Å²) in [7, 11) is 0. The summed E-state index contributed by atoms with van der Waals surface area (Å²) in [6.45, 7) is 1.31. The van der Waals surface area contributed by atoms with Gasteiger partial charge in [0.05, 0.1) is 0 Å². The van der Waals surface area contributed by atoms with Crippen LogP contribution in [0.1, 0.15) is 34.1 Å². The quantitative estimate of drug-likeness (QED) is 0.290. The number of rotatable bonds is 5. The Morgan fingerprint density at radius 3 is 2.12 bits per heavy atom. The number of aromatic nitrogens is 3. The molecule has 0 unspecified atom stereocenters. The SMILES string of the molecule is C[C@](O)(c1c[nH]nn1)[C@H](NC(=O)c1ccc(C#CC#Cc2ccc(N)cc2)cc1)C(N)=O. The standard InChI is InChI=1S/C23H20N6O3/c1-23(32,19-14-26-29-28-19)20(21(25)30)27-22(31)17-10-6-15(7-11-17)4-2-3-5-16-8-12-18(24)13-9-16/h6-14,20,32H,24H2,1H3,(H2,25,30)(H,27,31)(H,26,28,29)/t20-,23+/m1/s1. The normalized spacial score (nSPS) is 12.8. The summed E-state index contributed by atoms with van der Waals surface area (Å²) in [6, 6.07) is 12.1. The summed E-state index contributed by atoms with van der Waals surface area (Å²) in [5, 5.41) is 22.8. The summed E-state index contributed by atoms with van der Waals surface area (Å²) < 4.78 is 0. The summed E-state index contributed by atoms with van der Waals surface area (Å²) in [4.78, 5) is 24.5. The van der Waals surface area contributed by atoms with Crippen LogP contribution >= 0.6 is 0 Å². The van der Waals surface area contributed by atoms with E-state index in [9.17, 15) is 14.7 Å². The number of nitrogens with two attached hydrogens (primary N) is 2. The van der Waals surface area contributed by atoms with Gasteiger partial charge in [0, 0.05) is 28.6 Å². The van der Waals surface area contributed by atoms with Crippen molar-refractivity contribution in [2.24, 2.45) is 5.73 Å². The Bertz CT molecular complexity index is 1230. The van der Waals surface area contributed by atoms with Gasteiger partial charge in [0.1, 0.15) is 17.3 Å². The minimum atomic E-state index is -1.86. The first kappa shape index (κ1) is 22.1. The minimum absolute atomic E-state index is 0.0623. The Kier molecular flexibility index (Phi) is 6.54. The summed E-state index contributed by atoms with van der Waals surface area (Å²) in [5.41, 5.74) is 11.6. The van der Waals surface area contributed by atoms with Gasteiger partial charge in [-0.1, -0.05) is 17.1 Å². The van der Waals surface area contributed by atoms with Crippen molar-refractivity contribution >= 4 is 17.5 Å². The zero-order valence-corrected chi connectivity index (χ0v) is 17.1. The van der Waals surface area contributed by atoms with Crippen LogP contribution in [0.4, 0.5) is 5.69 Å².